The van der Waals surface area contributed by atoms with Crippen molar-refractivity contribution in [3.05, 3.63) is 42.5 Å². The van der Waals surface area contributed by atoms with Gasteiger partial charge in [-0.25, -0.2) is 4.79 Å². The highest BCUT2D eigenvalue weighted by Gasteiger charge is 2.32. The third-order valence-electron chi connectivity index (χ3n) is 3.26. The number of rotatable bonds is 6. The number of anilines is 1. The molecule has 0 bridgehead atoms. The summed E-state index contributed by atoms with van der Waals surface area (Å²) in [6.07, 6.45) is 3.56. The minimum atomic E-state index is -0.232. The van der Waals surface area contributed by atoms with Gasteiger partial charge in [0.1, 0.15) is 0 Å². The van der Waals surface area contributed by atoms with E-state index in [0.717, 1.165) is 5.69 Å². The van der Waals surface area contributed by atoms with Gasteiger partial charge < -0.3 is 20.3 Å². The first kappa shape index (κ1) is 16.2. The minimum Gasteiger partial charge on any atom is -0.335 e. The van der Waals surface area contributed by atoms with Gasteiger partial charge in [-0.1, -0.05) is 18.0 Å². The Bertz CT molecular complexity index is 541. The molecule has 0 aliphatic carbocycles. The summed E-state index contributed by atoms with van der Waals surface area (Å²) in [5.41, 5.74) is 1.62. The molecule has 0 unspecified atom stereocenters. The fourth-order valence-electron chi connectivity index (χ4n) is 2.12. The Morgan fingerprint density at radius 1 is 1.36 bits per heavy atom. The molecule has 2 rings (SSSR count). The topological polar surface area (TPSA) is 73.5 Å². The summed E-state index contributed by atoms with van der Waals surface area (Å²) in [6, 6.07) is 7.14. The van der Waals surface area contributed by atoms with Crippen LogP contribution in [0.5, 0.6) is 0 Å². The molecule has 3 N–H and O–H groups in total. The number of nitrogens with zero attached hydrogens (tertiary/aromatic N) is 1. The zero-order valence-electron chi connectivity index (χ0n) is 12.5. The monoisotopic (exact) mass is 320 g/mol. The van der Waals surface area contributed by atoms with Gasteiger partial charge in [0.05, 0.1) is 6.04 Å². The summed E-state index contributed by atoms with van der Waals surface area (Å²) in [7, 11) is 0. The molecule has 7 heteroatoms. The van der Waals surface area contributed by atoms with E-state index in [4.69, 9.17) is 0 Å². The molecule has 3 amide bonds. The fourth-order valence-corrected chi connectivity index (χ4v) is 2.49. The van der Waals surface area contributed by atoms with Crippen molar-refractivity contribution >= 4 is 29.6 Å². The number of carbonyl (C=O) groups is 2. The number of hydrogen-bond acceptors (Lipinski definition) is 4. The molecule has 1 fully saturated rings. The molecule has 1 aromatic carbocycles. The SMILES string of the molecule is C=CCNC(=O)NC1CN(C(=O)c2ccc(NSC)cc2)C1. The van der Waals surface area contributed by atoms with Crippen LogP contribution in [0.3, 0.4) is 0 Å². The number of likely N-dealkylation sites (tertiary alicyclic amines) is 1. The second-order valence-electron chi connectivity index (χ2n) is 4.93. The molecule has 0 radical (unpaired) electrons. The van der Waals surface area contributed by atoms with Crippen LogP contribution in [0.15, 0.2) is 36.9 Å². The van der Waals surface area contributed by atoms with E-state index in [9.17, 15) is 9.59 Å². The Labute approximate surface area is 134 Å². The summed E-state index contributed by atoms with van der Waals surface area (Å²) in [5.74, 6) is -0.0137. The third-order valence-corrected chi connectivity index (χ3v) is 3.70. The van der Waals surface area contributed by atoms with E-state index >= 15 is 0 Å². The first-order chi connectivity index (χ1) is 10.6. The van der Waals surface area contributed by atoms with Crippen LogP contribution in [0.25, 0.3) is 0 Å². The lowest BCUT2D eigenvalue weighted by Gasteiger charge is -2.39. The molecule has 1 aromatic rings. The van der Waals surface area contributed by atoms with E-state index in [1.54, 1.807) is 23.1 Å². The molecule has 6 nitrogen and oxygen atoms in total. The minimum absolute atomic E-state index is 0.00574. The first-order valence-electron chi connectivity index (χ1n) is 6.97. The summed E-state index contributed by atoms with van der Waals surface area (Å²) in [6.45, 7) is 5.03. The lowest BCUT2D eigenvalue weighted by Crippen LogP contribution is -2.62. The van der Waals surface area contributed by atoms with Crippen molar-refractivity contribution in [3.8, 4) is 0 Å². The van der Waals surface area contributed by atoms with Crippen molar-refractivity contribution in [2.24, 2.45) is 0 Å². The van der Waals surface area contributed by atoms with Crippen molar-refractivity contribution in [1.29, 1.82) is 0 Å². The van der Waals surface area contributed by atoms with Gasteiger partial charge in [0.25, 0.3) is 5.91 Å². The average Bonchev–Trinajstić information content (AvgIpc) is 2.49. The Morgan fingerprint density at radius 2 is 2.05 bits per heavy atom. The standard InChI is InChI=1S/C15H20N4O2S/c1-3-8-16-15(21)17-13-9-19(10-13)14(20)11-4-6-12(7-5-11)18-22-2/h3-7,13,18H,1,8-10H2,2H3,(H2,16,17,21). The van der Waals surface area contributed by atoms with Crippen LogP contribution in [0.4, 0.5) is 10.5 Å². The van der Waals surface area contributed by atoms with Gasteiger partial charge in [-0.3, -0.25) is 4.79 Å². The molecule has 22 heavy (non-hydrogen) atoms. The summed E-state index contributed by atoms with van der Waals surface area (Å²) >= 11 is 1.50. The molecular weight excluding hydrogens is 300 g/mol. The highest BCUT2D eigenvalue weighted by atomic mass is 32.2. The first-order valence-corrected chi connectivity index (χ1v) is 8.20. The average molecular weight is 320 g/mol. The predicted molar refractivity (Wildman–Crippen MR) is 90.0 cm³/mol. The largest absolute Gasteiger partial charge is 0.335 e. The number of hydrogen-bond donors (Lipinski definition) is 3. The Kier molecular flexibility index (Phi) is 5.71. The Balaban J connectivity index is 1.78. The molecular formula is C15H20N4O2S. The lowest BCUT2D eigenvalue weighted by molar-refractivity contribution is 0.0577. The van der Waals surface area contributed by atoms with E-state index in [2.05, 4.69) is 21.9 Å². The molecule has 0 aromatic heterocycles. The fraction of sp³-hybridized carbons (Fsp3) is 0.333. The number of benzene rings is 1. The predicted octanol–water partition coefficient (Wildman–Crippen LogP) is 1.69. The van der Waals surface area contributed by atoms with Crippen molar-refractivity contribution in [2.75, 3.05) is 30.6 Å². The van der Waals surface area contributed by atoms with E-state index in [-0.39, 0.29) is 18.0 Å². The van der Waals surface area contributed by atoms with Crippen LogP contribution in [0, 0.1) is 0 Å². The second kappa shape index (κ2) is 7.74. The van der Waals surface area contributed by atoms with Crippen molar-refractivity contribution in [2.45, 2.75) is 6.04 Å². The van der Waals surface area contributed by atoms with Gasteiger partial charge >= 0.3 is 6.03 Å². The molecule has 0 saturated carbocycles. The van der Waals surface area contributed by atoms with Crippen LogP contribution in [-0.2, 0) is 0 Å². The van der Waals surface area contributed by atoms with Gasteiger partial charge in [-0.15, -0.1) is 6.58 Å². The van der Waals surface area contributed by atoms with Gasteiger partial charge in [-0.05, 0) is 24.3 Å². The maximum absolute atomic E-state index is 12.3. The molecule has 0 atom stereocenters. The smallest absolute Gasteiger partial charge is 0.315 e. The molecule has 1 aliphatic rings. The van der Waals surface area contributed by atoms with Gasteiger partial charge in [-0.2, -0.15) is 0 Å². The molecule has 1 aliphatic heterocycles. The summed E-state index contributed by atoms with van der Waals surface area (Å²) in [5, 5.41) is 5.45. The van der Waals surface area contributed by atoms with Crippen LogP contribution in [0.2, 0.25) is 0 Å². The Hall–Kier alpha value is -2.15. The van der Waals surface area contributed by atoms with Crippen LogP contribution in [-0.4, -0.2) is 48.8 Å². The van der Waals surface area contributed by atoms with Gasteiger partial charge in [0, 0.05) is 37.1 Å². The highest BCUT2D eigenvalue weighted by molar-refractivity contribution is 7.99. The van der Waals surface area contributed by atoms with Gasteiger partial charge in [0.15, 0.2) is 0 Å². The third kappa shape index (κ3) is 4.17. The van der Waals surface area contributed by atoms with Crippen LogP contribution in [0.1, 0.15) is 10.4 Å². The van der Waals surface area contributed by atoms with E-state index in [1.165, 1.54) is 11.9 Å². The van der Waals surface area contributed by atoms with Crippen LogP contribution < -0.4 is 15.4 Å². The number of amides is 3. The zero-order chi connectivity index (χ0) is 15.9. The maximum atomic E-state index is 12.3. The van der Waals surface area contributed by atoms with Crippen LogP contribution >= 0.6 is 11.9 Å². The second-order valence-corrected chi connectivity index (χ2v) is 5.55. The number of urea groups is 1. The molecule has 0 spiro atoms. The number of carbonyl (C=O) groups excluding carboxylic acids is 2. The normalized spacial score (nSPS) is 14.0. The quantitative estimate of drug-likeness (QED) is 0.551. The summed E-state index contributed by atoms with van der Waals surface area (Å²) < 4.78 is 3.11. The zero-order valence-corrected chi connectivity index (χ0v) is 13.3. The number of nitrogens with one attached hydrogen (secondary N) is 3. The summed E-state index contributed by atoms with van der Waals surface area (Å²) in [4.78, 5) is 25.4. The molecule has 1 saturated heterocycles. The van der Waals surface area contributed by atoms with Gasteiger partial charge in [0.2, 0.25) is 0 Å². The maximum Gasteiger partial charge on any atom is 0.315 e. The lowest BCUT2D eigenvalue weighted by atomic mass is 10.1. The van der Waals surface area contributed by atoms with E-state index < -0.39 is 0 Å². The highest BCUT2D eigenvalue weighted by Crippen LogP contribution is 2.17. The van der Waals surface area contributed by atoms with E-state index in [1.807, 2.05) is 18.4 Å². The van der Waals surface area contributed by atoms with Crippen molar-refractivity contribution < 1.29 is 9.59 Å². The van der Waals surface area contributed by atoms with Crippen molar-refractivity contribution in [3.63, 3.8) is 0 Å². The van der Waals surface area contributed by atoms with E-state index in [0.29, 0.717) is 25.2 Å². The van der Waals surface area contributed by atoms with Crippen molar-refractivity contribution in [1.82, 2.24) is 15.5 Å². The molecule has 1 heterocycles. The molecule has 118 valence electrons. The Morgan fingerprint density at radius 3 is 2.64 bits per heavy atom.